The van der Waals surface area contributed by atoms with Crippen LogP contribution in [-0.4, -0.2) is 11.3 Å². The molecule has 1 aromatic heterocycles. The second-order valence-electron chi connectivity index (χ2n) is 3.09. The number of aldehydes is 1. The van der Waals surface area contributed by atoms with E-state index in [4.69, 9.17) is 23.2 Å². The molecule has 4 heteroatoms. The van der Waals surface area contributed by atoms with Gasteiger partial charge in [0.25, 0.3) is 0 Å². The third-order valence-electron chi connectivity index (χ3n) is 2.22. The number of benzene rings is 1. The van der Waals surface area contributed by atoms with Crippen molar-refractivity contribution in [1.82, 2.24) is 4.98 Å². The Labute approximate surface area is 90.8 Å². The van der Waals surface area contributed by atoms with Gasteiger partial charge in [0.1, 0.15) is 0 Å². The molecule has 0 aliphatic rings. The van der Waals surface area contributed by atoms with Gasteiger partial charge in [-0.1, -0.05) is 23.2 Å². The number of fused-ring (bicyclic) bond motifs is 1. The van der Waals surface area contributed by atoms with Gasteiger partial charge in [0.05, 0.1) is 10.7 Å². The molecule has 0 spiro atoms. The first kappa shape index (κ1) is 9.56. The monoisotopic (exact) mass is 227 g/mol. The molecule has 0 atom stereocenters. The summed E-state index contributed by atoms with van der Waals surface area (Å²) in [7, 11) is 0. The van der Waals surface area contributed by atoms with Crippen LogP contribution in [0, 0.1) is 6.92 Å². The molecule has 0 saturated carbocycles. The van der Waals surface area contributed by atoms with E-state index in [9.17, 15) is 4.79 Å². The van der Waals surface area contributed by atoms with Crippen LogP contribution in [0.15, 0.2) is 12.1 Å². The molecule has 0 saturated heterocycles. The Morgan fingerprint density at radius 3 is 2.71 bits per heavy atom. The minimum absolute atomic E-state index is 0.546. The normalized spacial score (nSPS) is 10.8. The van der Waals surface area contributed by atoms with E-state index in [1.54, 1.807) is 12.1 Å². The van der Waals surface area contributed by atoms with Gasteiger partial charge in [0.2, 0.25) is 0 Å². The fourth-order valence-electron chi connectivity index (χ4n) is 1.54. The van der Waals surface area contributed by atoms with Gasteiger partial charge >= 0.3 is 0 Å². The largest absolute Gasteiger partial charge is 0.352 e. The second kappa shape index (κ2) is 3.30. The molecule has 1 aromatic carbocycles. The van der Waals surface area contributed by atoms with Gasteiger partial charge < -0.3 is 4.98 Å². The van der Waals surface area contributed by atoms with Crippen molar-refractivity contribution < 1.29 is 4.79 Å². The van der Waals surface area contributed by atoms with E-state index in [2.05, 4.69) is 4.98 Å². The Morgan fingerprint density at radius 1 is 1.36 bits per heavy atom. The first-order valence-corrected chi connectivity index (χ1v) is 4.81. The van der Waals surface area contributed by atoms with Crippen molar-refractivity contribution in [3.05, 3.63) is 33.4 Å². The molecule has 14 heavy (non-hydrogen) atoms. The summed E-state index contributed by atoms with van der Waals surface area (Å²) < 4.78 is 0. The number of aromatic amines is 1. The van der Waals surface area contributed by atoms with Crippen LogP contribution in [0.25, 0.3) is 10.9 Å². The Balaban J connectivity index is 2.92. The maximum atomic E-state index is 10.7. The van der Waals surface area contributed by atoms with Crippen molar-refractivity contribution in [3.8, 4) is 0 Å². The van der Waals surface area contributed by atoms with E-state index in [1.165, 1.54) is 0 Å². The third kappa shape index (κ3) is 1.31. The number of H-pyrrole nitrogens is 1. The molecule has 1 N–H and O–H groups in total. The lowest BCUT2D eigenvalue weighted by molar-refractivity contribution is 0.111. The van der Waals surface area contributed by atoms with Gasteiger partial charge in [-0.15, -0.1) is 0 Å². The number of aromatic nitrogens is 1. The summed E-state index contributed by atoms with van der Waals surface area (Å²) in [5.74, 6) is 0. The fourth-order valence-corrected chi connectivity index (χ4v) is 2.18. The van der Waals surface area contributed by atoms with Crippen LogP contribution in [0.4, 0.5) is 0 Å². The summed E-state index contributed by atoms with van der Waals surface area (Å²) >= 11 is 11.9. The molecule has 0 aliphatic heterocycles. The molecular weight excluding hydrogens is 221 g/mol. The first-order valence-electron chi connectivity index (χ1n) is 4.06. The van der Waals surface area contributed by atoms with Gasteiger partial charge in [0.15, 0.2) is 6.29 Å². The van der Waals surface area contributed by atoms with Crippen molar-refractivity contribution >= 4 is 40.4 Å². The van der Waals surface area contributed by atoms with E-state index in [0.29, 0.717) is 15.7 Å². The molecule has 0 amide bonds. The highest BCUT2D eigenvalue weighted by molar-refractivity contribution is 6.39. The van der Waals surface area contributed by atoms with E-state index >= 15 is 0 Å². The van der Waals surface area contributed by atoms with Gasteiger partial charge in [-0.25, -0.2) is 0 Å². The third-order valence-corrected chi connectivity index (χ3v) is 2.74. The highest BCUT2D eigenvalue weighted by Gasteiger charge is 2.10. The molecule has 72 valence electrons. The average molecular weight is 228 g/mol. The van der Waals surface area contributed by atoms with Crippen LogP contribution < -0.4 is 0 Å². The molecule has 0 unspecified atom stereocenters. The molecule has 0 radical (unpaired) electrons. The molecule has 2 rings (SSSR count). The number of aryl methyl sites for hydroxylation is 1. The van der Waals surface area contributed by atoms with E-state index in [-0.39, 0.29) is 0 Å². The number of carbonyl (C=O) groups excluding carboxylic acids is 1. The zero-order valence-electron chi connectivity index (χ0n) is 7.40. The van der Waals surface area contributed by atoms with Gasteiger partial charge in [-0.2, -0.15) is 0 Å². The fraction of sp³-hybridized carbons (Fsp3) is 0.100. The summed E-state index contributed by atoms with van der Waals surface area (Å²) in [4.78, 5) is 13.6. The summed E-state index contributed by atoms with van der Waals surface area (Å²) in [5.41, 5.74) is 2.20. The molecule has 0 fully saturated rings. The lowest BCUT2D eigenvalue weighted by atomic mass is 10.1. The standard InChI is InChI=1S/C10H7Cl2NO/c1-5-9(4-14)13-8-3-6(11)2-7(12)10(5)8/h2-4,13H,1H3. The number of nitrogens with one attached hydrogen (secondary N) is 1. The summed E-state index contributed by atoms with van der Waals surface area (Å²) in [6.45, 7) is 1.85. The number of hydrogen-bond acceptors (Lipinski definition) is 1. The number of carbonyl (C=O) groups is 1. The van der Waals surface area contributed by atoms with Crippen LogP contribution in [0.1, 0.15) is 16.1 Å². The lowest BCUT2D eigenvalue weighted by Gasteiger charge is -1.96. The zero-order valence-corrected chi connectivity index (χ0v) is 8.91. The van der Waals surface area contributed by atoms with Crippen LogP contribution in [-0.2, 0) is 0 Å². The number of rotatable bonds is 1. The van der Waals surface area contributed by atoms with Crippen LogP contribution in [0.3, 0.4) is 0 Å². The molecule has 2 aromatic rings. The van der Waals surface area contributed by atoms with Crippen molar-refractivity contribution in [3.63, 3.8) is 0 Å². The van der Waals surface area contributed by atoms with E-state index in [0.717, 1.165) is 22.8 Å². The molecule has 0 bridgehead atoms. The number of halogens is 2. The van der Waals surface area contributed by atoms with E-state index in [1.807, 2.05) is 6.92 Å². The van der Waals surface area contributed by atoms with Gasteiger partial charge in [-0.05, 0) is 24.6 Å². The lowest BCUT2D eigenvalue weighted by Crippen LogP contribution is -1.80. The smallest absolute Gasteiger partial charge is 0.166 e. The van der Waals surface area contributed by atoms with Crippen molar-refractivity contribution in [2.45, 2.75) is 6.92 Å². The minimum atomic E-state index is 0.546. The summed E-state index contributed by atoms with van der Waals surface area (Å²) in [5, 5.41) is 1.98. The second-order valence-corrected chi connectivity index (χ2v) is 3.94. The quantitative estimate of drug-likeness (QED) is 0.743. The Hall–Kier alpha value is -0.990. The topological polar surface area (TPSA) is 32.9 Å². The minimum Gasteiger partial charge on any atom is -0.352 e. The highest BCUT2D eigenvalue weighted by Crippen LogP contribution is 2.31. The zero-order chi connectivity index (χ0) is 10.3. The van der Waals surface area contributed by atoms with Gasteiger partial charge in [-0.3, -0.25) is 4.79 Å². The summed E-state index contributed by atoms with van der Waals surface area (Å²) in [6, 6.07) is 3.42. The van der Waals surface area contributed by atoms with Crippen molar-refractivity contribution in [2.75, 3.05) is 0 Å². The molecule has 2 nitrogen and oxygen atoms in total. The predicted molar refractivity (Wildman–Crippen MR) is 58.4 cm³/mol. The SMILES string of the molecule is Cc1c(C=O)[nH]c2cc(Cl)cc(Cl)c12. The van der Waals surface area contributed by atoms with Crippen LogP contribution in [0.5, 0.6) is 0 Å². The van der Waals surface area contributed by atoms with E-state index < -0.39 is 0 Å². The Bertz CT molecular complexity index is 516. The van der Waals surface area contributed by atoms with Crippen LogP contribution >= 0.6 is 23.2 Å². The Morgan fingerprint density at radius 2 is 2.07 bits per heavy atom. The van der Waals surface area contributed by atoms with Crippen LogP contribution in [0.2, 0.25) is 10.0 Å². The molecule has 1 heterocycles. The average Bonchev–Trinajstić information content (AvgIpc) is 2.42. The van der Waals surface area contributed by atoms with Gasteiger partial charge in [0, 0.05) is 15.9 Å². The maximum Gasteiger partial charge on any atom is 0.166 e. The first-order chi connectivity index (χ1) is 6.63. The van der Waals surface area contributed by atoms with Crippen molar-refractivity contribution in [1.29, 1.82) is 0 Å². The highest BCUT2D eigenvalue weighted by atomic mass is 35.5. The van der Waals surface area contributed by atoms with Crippen molar-refractivity contribution in [2.24, 2.45) is 0 Å². The predicted octanol–water partition coefficient (Wildman–Crippen LogP) is 3.60. The molecular formula is C10H7Cl2NO. The molecule has 0 aliphatic carbocycles. The summed E-state index contributed by atoms with van der Waals surface area (Å²) in [6.07, 6.45) is 0.777. The maximum absolute atomic E-state index is 10.7. The number of hydrogen-bond donors (Lipinski definition) is 1. The Kier molecular flexibility index (Phi) is 2.25.